The second-order valence-corrected chi connectivity index (χ2v) is 13.2. The van der Waals surface area contributed by atoms with Crippen LogP contribution >= 0.6 is 0 Å². The number of carbonyl (C=O) groups is 5. The fourth-order valence-electron chi connectivity index (χ4n) is 6.81. The number of ether oxygens (including phenoxy) is 1. The lowest BCUT2D eigenvalue weighted by molar-refractivity contribution is -0.162. The standard InChI is InChI=1S/C32H43N3O6/c1-32(2,3)41-31(40)22-12-15-34(16-13-22)29(38)20-4-6-21(7-5-20)30(39)35-17-14-23-18-24(8-9-25(23)19-35)26-10-11-27(36)33-28(26)37/h8-9,18,20-22,26H,4-7,10-17,19H2,1-3H3,(H,33,36,37). The third-order valence-electron chi connectivity index (χ3n) is 9.17. The fraction of sp³-hybridized carbons (Fsp3) is 0.656. The molecule has 5 rings (SSSR count). The highest BCUT2D eigenvalue weighted by Gasteiger charge is 2.37. The maximum atomic E-state index is 13.4. The minimum absolute atomic E-state index is 0.0510. The molecule has 2 saturated heterocycles. The number of fused-ring (bicyclic) bond motifs is 1. The molecule has 222 valence electrons. The van der Waals surface area contributed by atoms with Crippen molar-refractivity contribution in [1.29, 1.82) is 0 Å². The minimum Gasteiger partial charge on any atom is -0.460 e. The molecule has 0 bridgehead atoms. The highest BCUT2D eigenvalue weighted by Crippen LogP contribution is 2.34. The highest BCUT2D eigenvalue weighted by atomic mass is 16.6. The average Bonchev–Trinajstić information content (AvgIpc) is 2.95. The predicted octanol–water partition coefficient (Wildman–Crippen LogP) is 3.48. The van der Waals surface area contributed by atoms with Gasteiger partial charge in [-0.15, -0.1) is 0 Å². The number of carbonyl (C=O) groups excluding carboxylic acids is 5. The number of nitrogens with zero attached hydrogens (tertiary/aromatic N) is 2. The first kappa shape index (κ1) is 29.3. The molecule has 3 fully saturated rings. The summed E-state index contributed by atoms with van der Waals surface area (Å²) in [5.74, 6) is -0.821. The van der Waals surface area contributed by atoms with Crippen LogP contribution in [0.2, 0.25) is 0 Å². The summed E-state index contributed by atoms with van der Waals surface area (Å²) < 4.78 is 5.53. The molecule has 1 aliphatic carbocycles. The Morgan fingerprint density at radius 2 is 1.41 bits per heavy atom. The zero-order chi connectivity index (χ0) is 29.3. The number of hydrogen-bond acceptors (Lipinski definition) is 6. The van der Waals surface area contributed by atoms with E-state index >= 15 is 0 Å². The van der Waals surface area contributed by atoms with Crippen molar-refractivity contribution in [2.75, 3.05) is 19.6 Å². The first-order valence-electron chi connectivity index (χ1n) is 15.2. The maximum Gasteiger partial charge on any atom is 0.309 e. The van der Waals surface area contributed by atoms with Crippen LogP contribution in [-0.4, -0.2) is 64.6 Å². The van der Waals surface area contributed by atoms with E-state index in [0.29, 0.717) is 51.9 Å². The summed E-state index contributed by atoms with van der Waals surface area (Å²) in [5, 5.41) is 2.44. The number of amides is 4. The van der Waals surface area contributed by atoms with Gasteiger partial charge < -0.3 is 14.5 Å². The van der Waals surface area contributed by atoms with E-state index in [1.54, 1.807) is 0 Å². The van der Waals surface area contributed by atoms with Crippen LogP contribution in [0.1, 0.15) is 94.7 Å². The van der Waals surface area contributed by atoms with Crippen molar-refractivity contribution in [3.63, 3.8) is 0 Å². The van der Waals surface area contributed by atoms with Crippen molar-refractivity contribution in [3.05, 3.63) is 34.9 Å². The van der Waals surface area contributed by atoms with Gasteiger partial charge in [0.15, 0.2) is 0 Å². The molecule has 4 aliphatic rings. The van der Waals surface area contributed by atoms with Crippen molar-refractivity contribution in [1.82, 2.24) is 15.1 Å². The molecule has 9 nitrogen and oxygen atoms in total. The molecule has 1 aromatic rings. The Morgan fingerprint density at radius 1 is 0.780 bits per heavy atom. The average molecular weight is 566 g/mol. The molecule has 4 amide bonds. The summed E-state index contributed by atoms with van der Waals surface area (Å²) in [6.45, 7) is 7.99. The van der Waals surface area contributed by atoms with Gasteiger partial charge in [-0.3, -0.25) is 29.3 Å². The molecule has 0 spiro atoms. The number of nitrogens with one attached hydrogen (secondary N) is 1. The molecular formula is C32H43N3O6. The van der Waals surface area contributed by atoms with Gasteiger partial charge in [0, 0.05) is 44.4 Å². The van der Waals surface area contributed by atoms with Crippen LogP contribution in [0.5, 0.6) is 0 Å². The van der Waals surface area contributed by atoms with Gasteiger partial charge in [-0.05, 0) is 88.8 Å². The molecule has 3 heterocycles. The quantitative estimate of drug-likeness (QED) is 0.442. The number of esters is 1. The topological polar surface area (TPSA) is 113 Å². The van der Waals surface area contributed by atoms with E-state index in [1.807, 2.05) is 42.7 Å². The number of hydrogen-bond donors (Lipinski definition) is 1. The zero-order valence-electron chi connectivity index (χ0n) is 24.6. The maximum absolute atomic E-state index is 13.4. The molecule has 1 saturated carbocycles. The Morgan fingerprint density at radius 3 is 2.02 bits per heavy atom. The van der Waals surface area contributed by atoms with Gasteiger partial charge in [0.1, 0.15) is 5.60 Å². The monoisotopic (exact) mass is 565 g/mol. The molecule has 1 aromatic carbocycles. The molecule has 1 unspecified atom stereocenters. The van der Waals surface area contributed by atoms with E-state index in [2.05, 4.69) is 11.4 Å². The Balaban J connectivity index is 1.09. The summed E-state index contributed by atoms with van der Waals surface area (Å²) in [6.07, 6.45) is 5.81. The lowest BCUT2D eigenvalue weighted by Gasteiger charge is -2.37. The second kappa shape index (κ2) is 11.9. The number of piperidine rings is 2. The number of likely N-dealkylation sites (tertiary alicyclic amines) is 1. The Kier molecular flexibility index (Phi) is 8.52. The van der Waals surface area contributed by atoms with Crippen molar-refractivity contribution in [2.24, 2.45) is 17.8 Å². The van der Waals surface area contributed by atoms with Gasteiger partial charge in [-0.2, -0.15) is 0 Å². The summed E-state index contributed by atoms with van der Waals surface area (Å²) in [6, 6.07) is 6.06. The van der Waals surface area contributed by atoms with Crippen LogP contribution in [0.4, 0.5) is 0 Å². The van der Waals surface area contributed by atoms with Crippen LogP contribution < -0.4 is 5.32 Å². The van der Waals surface area contributed by atoms with Crippen LogP contribution in [0.3, 0.4) is 0 Å². The normalized spacial score (nSPS) is 25.8. The Labute approximate surface area is 242 Å². The van der Waals surface area contributed by atoms with Crippen LogP contribution in [0, 0.1) is 17.8 Å². The summed E-state index contributed by atoms with van der Waals surface area (Å²) >= 11 is 0. The first-order chi connectivity index (χ1) is 19.5. The molecule has 41 heavy (non-hydrogen) atoms. The number of rotatable bonds is 4. The van der Waals surface area contributed by atoms with Crippen molar-refractivity contribution in [3.8, 4) is 0 Å². The molecule has 3 aliphatic heterocycles. The smallest absolute Gasteiger partial charge is 0.309 e. The molecule has 0 radical (unpaired) electrons. The van der Waals surface area contributed by atoms with E-state index in [4.69, 9.17) is 4.74 Å². The minimum atomic E-state index is -0.501. The van der Waals surface area contributed by atoms with Gasteiger partial charge in [0.2, 0.25) is 23.6 Å². The molecular weight excluding hydrogens is 522 g/mol. The van der Waals surface area contributed by atoms with E-state index < -0.39 is 5.60 Å². The van der Waals surface area contributed by atoms with Gasteiger partial charge in [0.25, 0.3) is 0 Å². The third kappa shape index (κ3) is 6.81. The zero-order valence-corrected chi connectivity index (χ0v) is 24.6. The van der Waals surface area contributed by atoms with E-state index in [-0.39, 0.29) is 53.3 Å². The summed E-state index contributed by atoms with van der Waals surface area (Å²) in [7, 11) is 0. The van der Waals surface area contributed by atoms with Crippen molar-refractivity contribution in [2.45, 2.75) is 96.6 Å². The fourth-order valence-corrected chi connectivity index (χ4v) is 6.81. The molecule has 1 atom stereocenters. The summed E-state index contributed by atoms with van der Waals surface area (Å²) in [4.78, 5) is 66.7. The largest absolute Gasteiger partial charge is 0.460 e. The Hall–Kier alpha value is -3.23. The van der Waals surface area contributed by atoms with Crippen LogP contribution in [0.15, 0.2) is 18.2 Å². The molecule has 1 N–H and O–H groups in total. The van der Waals surface area contributed by atoms with Crippen LogP contribution in [-0.2, 0) is 41.7 Å². The number of benzene rings is 1. The summed E-state index contributed by atoms with van der Waals surface area (Å²) in [5.41, 5.74) is 2.71. The molecule has 0 aromatic heterocycles. The van der Waals surface area contributed by atoms with Gasteiger partial charge in [0.05, 0.1) is 11.8 Å². The van der Waals surface area contributed by atoms with E-state index in [9.17, 15) is 24.0 Å². The predicted molar refractivity (Wildman–Crippen MR) is 151 cm³/mol. The highest BCUT2D eigenvalue weighted by molar-refractivity contribution is 6.01. The SMILES string of the molecule is CC(C)(C)OC(=O)C1CCN(C(=O)C2CCC(C(=O)N3CCc4cc(C5CCC(=O)NC5=O)ccc4C3)CC2)CC1. The second-order valence-electron chi connectivity index (χ2n) is 13.2. The van der Waals surface area contributed by atoms with Crippen molar-refractivity contribution < 1.29 is 28.7 Å². The van der Waals surface area contributed by atoms with E-state index in [1.165, 1.54) is 5.56 Å². The lowest BCUT2D eigenvalue weighted by atomic mass is 9.80. The van der Waals surface area contributed by atoms with E-state index in [0.717, 1.165) is 43.2 Å². The Bertz CT molecular complexity index is 1200. The number of imide groups is 1. The third-order valence-corrected chi connectivity index (χ3v) is 9.17. The van der Waals surface area contributed by atoms with Gasteiger partial charge >= 0.3 is 5.97 Å². The lowest BCUT2D eigenvalue weighted by Crippen LogP contribution is -2.45. The van der Waals surface area contributed by atoms with Gasteiger partial charge in [-0.25, -0.2) is 0 Å². The first-order valence-corrected chi connectivity index (χ1v) is 15.2. The van der Waals surface area contributed by atoms with Crippen molar-refractivity contribution >= 4 is 29.6 Å². The molecule has 9 heteroatoms. The van der Waals surface area contributed by atoms with Crippen LogP contribution in [0.25, 0.3) is 0 Å². The van der Waals surface area contributed by atoms with Gasteiger partial charge in [-0.1, -0.05) is 18.2 Å².